The van der Waals surface area contributed by atoms with E-state index in [0.29, 0.717) is 29.8 Å². The van der Waals surface area contributed by atoms with E-state index in [4.69, 9.17) is 13.9 Å². The summed E-state index contributed by atoms with van der Waals surface area (Å²) in [5.41, 5.74) is 1.51. The average molecular weight is 493 g/mol. The van der Waals surface area contributed by atoms with Crippen LogP contribution in [0, 0.1) is 0 Å². The molecule has 3 rings (SSSR count). The summed E-state index contributed by atoms with van der Waals surface area (Å²) in [6, 6.07) is 15.5. The fraction of sp³-hybridized carbons (Fsp3) is 0.419. The van der Waals surface area contributed by atoms with Crippen molar-refractivity contribution in [3.8, 4) is 16.9 Å². The van der Waals surface area contributed by atoms with Crippen LogP contribution in [0.15, 0.2) is 70.4 Å². The summed E-state index contributed by atoms with van der Waals surface area (Å²) in [6.45, 7) is 15.4. The summed E-state index contributed by atoms with van der Waals surface area (Å²) in [5, 5.41) is 0.825. The summed E-state index contributed by atoms with van der Waals surface area (Å²) in [7, 11) is 0. The third-order valence-electron chi connectivity index (χ3n) is 5.65. The molecule has 1 heterocycles. The first-order valence-electron chi connectivity index (χ1n) is 12.6. The van der Waals surface area contributed by atoms with Crippen LogP contribution in [0.3, 0.4) is 0 Å². The Kier molecular flexibility index (Phi) is 10.5. The average Bonchev–Trinajstić information content (AvgIpc) is 2.79. The van der Waals surface area contributed by atoms with Crippen LogP contribution in [0.25, 0.3) is 22.1 Å². The molecule has 2 aromatic carbocycles. The molecule has 1 aromatic heterocycles. The second-order valence-electron chi connectivity index (χ2n) is 10.2. The molecule has 36 heavy (non-hydrogen) atoms. The van der Waals surface area contributed by atoms with Crippen molar-refractivity contribution in [3.05, 3.63) is 77.2 Å². The zero-order chi connectivity index (χ0) is 26.8. The van der Waals surface area contributed by atoms with Crippen LogP contribution < -0.4 is 10.4 Å². The Morgan fingerprint density at radius 1 is 0.972 bits per heavy atom. The number of unbranched alkanes of at least 4 members (excludes halogenated alkanes) is 2. The van der Waals surface area contributed by atoms with Crippen molar-refractivity contribution in [1.82, 2.24) is 0 Å². The normalized spacial score (nSPS) is 11.4. The fourth-order valence-corrected chi connectivity index (χ4v) is 4.34. The number of carbonyl (C=O) groups excluding carboxylic acids is 1. The second kappa shape index (κ2) is 13.1. The largest absolute Gasteiger partial charge is 0.488 e. The van der Waals surface area contributed by atoms with Gasteiger partial charge >= 0.3 is 5.63 Å². The number of ether oxygens (including phenoxy) is 2. The molecule has 0 saturated heterocycles. The Morgan fingerprint density at radius 3 is 2.25 bits per heavy atom. The number of carbonyl (C=O) groups is 1. The third-order valence-corrected chi connectivity index (χ3v) is 5.65. The van der Waals surface area contributed by atoms with Crippen LogP contribution >= 0.6 is 0 Å². The van der Waals surface area contributed by atoms with Crippen LogP contribution in [-0.2, 0) is 16.0 Å². The van der Waals surface area contributed by atoms with Crippen molar-refractivity contribution in [3.63, 3.8) is 0 Å². The van der Waals surface area contributed by atoms with Crippen molar-refractivity contribution in [2.45, 2.75) is 84.8 Å². The predicted octanol–water partition coefficient (Wildman–Crippen LogP) is 7.88. The number of aryl methyl sites for hydroxylation is 1. The first-order chi connectivity index (χ1) is 17.0. The van der Waals surface area contributed by atoms with Crippen molar-refractivity contribution in [1.29, 1.82) is 0 Å². The molecule has 0 radical (unpaired) electrons. The van der Waals surface area contributed by atoms with Crippen LogP contribution in [0.5, 0.6) is 5.75 Å². The highest BCUT2D eigenvalue weighted by Crippen LogP contribution is 2.30. The Hall–Kier alpha value is -3.34. The van der Waals surface area contributed by atoms with Crippen molar-refractivity contribution >= 4 is 17.4 Å². The highest BCUT2D eigenvalue weighted by molar-refractivity contribution is 5.82. The quantitative estimate of drug-likeness (QED) is 0.118. The van der Waals surface area contributed by atoms with Crippen LogP contribution in [0.4, 0.5) is 0 Å². The Morgan fingerprint density at radius 2 is 1.64 bits per heavy atom. The van der Waals surface area contributed by atoms with Gasteiger partial charge in [-0.3, -0.25) is 4.79 Å². The molecule has 0 unspecified atom stereocenters. The molecule has 0 atom stereocenters. The Bertz CT molecular complexity index is 1190. The van der Waals surface area contributed by atoms with E-state index in [1.807, 2.05) is 65.0 Å². The summed E-state index contributed by atoms with van der Waals surface area (Å²) in [6.07, 6.45) is 6.90. The second-order valence-corrected chi connectivity index (χ2v) is 10.2. The lowest BCUT2D eigenvalue weighted by molar-refractivity contribution is -0.144. The van der Waals surface area contributed by atoms with Crippen LogP contribution in [-0.4, -0.2) is 17.7 Å². The lowest BCUT2D eigenvalue weighted by Gasteiger charge is -2.34. The molecule has 0 aliphatic heterocycles. The van der Waals surface area contributed by atoms with E-state index in [0.717, 1.165) is 17.4 Å². The van der Waals surface area contributed by atoms with Gasteiger partial charge < -0.3 is 13.9 Å². The number of allylic oxidation sites excluding steroid dienone is 1. The number of hydrogen-bond acceptors (Lipinski definition) is 5. The minimum Gasteiger partial charge on any atom is -0.488 e. The lowest BCUT2D eigenvalue weighted by Crippen LogP contribution is -2.39. The van der Waals surface area contributed by atoms with Crippen molar-refractivity contribution in [2.24, 2.45) is 0 Å². The topological polar surface area (TPSA) is 65.7 Å². The Labute approximate surface area is 215 Å². The van der Waals surface area contributed by atoms with Gasteiger partial charge in [0, 0.05) is 17.9 Å². The molecule has 0 fully saturated rings. The minimum atomic E-state index is -0.658. The van der Waals surface area contributed by atoms with E-state index in [9.17, 15) is 9.59 Å². The molecule has 0 amide bonds. The van der Waals surface area contributed by atoms with Gasteiger partial charge in [-0.1, -0.05) is 50.1 Å². The molecule has 194 valence electrons. The molecule has 0 aliphatic carbocycles. The van der Waals surface area contributed by atoms with E-state index in [1.54, 1.807) is 12.1 Å². The number of hydrogen-bond donors (Lipinski definition) is 0. The lowest BCUT2D eigenvalue weighted by atomic mass is 9.92. The van der Waals surface area contributed by atoms with Gasteiger partial charge in [-0.2, -0.15) is 0 Å². The van der Waals surface area contributed by atoms with Gasteiger partial charge in [-0.15, -0.1) is 6.58 Å². The summed E-state index contributed by atoms with van der Waals surface area (Å²) in [4.78, 5) is 23.5. The highest BCUT2D eigenvalue weighted by Gasteiger charge is 2.32. The first kappa shape index (κ1) is 28.9. The van der Waals surface area contributed by atoms with Gasteiger partial charge in [-0.05, 0) is 76.8 Å². The minimum absolute atomic E-state index is 0.377. The maximum Gasteiger partial charge on any atom is 0.344 e. The first-order valence-corrected chi connectivity index (χ1v) is 12.6. The molecule has 0 spiro atoms. The maximum atomic E-state index is 12.7. The van der Waals surface area contributed by atoms with Crippen LogP contribution in [0.1, 0.15) is 72.8 Å². The summed E-state index contributed by atoms with van der Waals surface area (Å²) >= 11 is 0. The molecule has 0 aliphatic rings. The van der Waals surface area contributed by atoms with Crippen LogP contribution in [0.2, 0.25) is 0 Å². The predicted molar refractivity (Wildman–Crippen MR) is 148 cm³/mol. The monoisotopic (exact) mass is 492 g/mol. The van der Waals surface area contributed by atoms with Gasteiger partial charge in [-0.25, -0.2) is 4.79 Å². The molecule has 0 bridgehead atoms. The molecular weight excluding hydrogens is 452 g/mol. The highest BCUT2D eigenvalue weighted by atomic mass is 16.5. The van der Waals surface area contributed by atoms with Gasteiger partial charge in [0.25, 0.3) is 6.47 Å². The molecule has 5 nitrogen and oxygen atoms in total. The maximum absolute atomic E-state index is 12.7. The molecule has 0 saturated carbocycles. The number of fused-ring (bicyclic) bond motifs is 1. The summed E-state index contributed by atoms with van der Waals surface area (Å²) < 4.78 is 16.9. The SMILES string of the molecule is C=CC.CCCCCc1ccc(-c2cc3ccc(OC(C)(C)CC(C)(C)OC=O)cc3oc2=O)cc1. The van der Waals surface area contributed by atoms with E-state index in [2.05, 4.69) is 25.6 Å². The molecule has 3 aromatic rings. The van der Waals surface area contributed by atoms with Gasteiger partial charge in [0.2, 0.25) is 0 Å². The molecular formula is C31H40O5. The zero-order valence-corrected chi connectivity index (χ0v) is 22.6. The van der Waals surface area contributed by atoms with Gasteiger partial charge in [0.1, 0.15) is 22.5 Å². The molecule has 5 heteroatoms. The van der Waals surface area contributed by atoms with Crippen molar-refractivity contribution < 1.29 is 18.7 Å². The van der Waals surface area contributed by atoms with E-state index in [-0.39, 0.29) is 5.63 Å². The van der Waals surface area contributed by atoms with Crippen molar-refractivity contribution in [2.75, 3.05) is 0 Å². The number of rotatable bonds is 11. The molecule has 0 N–H and O–H groups in total. The zero-order valence-electron chi connectivity index (χ0n) is 22.6. The fourth-order valence-electron chi connectivity index (χ4n) is 4.34. The summed E-state index contributed by atoms with van der Waals surface area (Å²) in [5.74, 6) is 0.585. The smallest absolute Gasteiger partial charge is 0.344 e. The standard InChI is InChI=1S/C28H34O5.C3H6/c1-6-7-8-9-20-10-12-21(13-11-20)24-16-22-14-15-23(17-25(22)32-26(24)30)33-28(4,5)18-27(2,3)31-19-29;1-3-2/h10-17,19H,6-9,18H2,1-5H3;3H,1H2,2H3. The third kappa shape index (κ3) is 8.71. The number of benzene rings is 2. The van der Waals surface area contributed by atoms with E-state index < -0.39 is 11.2 Å². The van der Waals surface area contributed by atoms with E-state index in [1.165, 1.54) is 24.8 Å². The van der Waals surface area contributed by atoms with Gasteiger partial charge in [0.05, 0.1) is 5.56 Å². The van der Waals surface area contributed by atoms with E-state index >= 15 is 0 Å². The van der Waals surface area contributed by atoms with Gasteiger partial charge in [0.15, 0.2) is 0 Å². The Balaban J connectivity index is 0.00000145.